The molecule has 0 saturated heterocycles. The van der Waals surface area contributed by atoms with E-state index in [1.165, 1.54) is 154 Å². The number of hydrogen-bond donors (Lipinski definition) is 0. The van der Waals surface area contributed by atoms with Crippen molar-refractivity contribution in [1.29, 1.82) is 0 Å². The van der Waals surface area contributed by atoms with Crippen LogP contribution in [-0.4, -0.2) is 37.2 Å². The number of unbranched alkanes of at least 4 members (excludes halogenated alkanes) is 29. The molecule has 440 valence electrons. The highest BCUT2D eigenvalue weighted by atomic mass is 16.6. The van der Waals surface area contributed by atoms with E-state index in [9.17, 15) is 14.4 Å². The van der Waals surface area contributed by atoms with Gasteiger partial charge in [-0.25, -0.2) is 0 Å². The number of carbonyl (C=O) groups excluding carboxylic acids is 3. The minimum atomic E-state index is -0.827. The summed E-state index contributed by atoms with van der Waals surface area (Å²) in [5.74, 6) is -1.01. The van der Waals surface area contributed by atoms with Gasteiger partial charge in [0.2, 0.25) is 0 Å². The molecule has 1 unspecified atom stereocenters. The molecule has 0 aromatic carbocycles. The first-order valence-electron chi connectivity index (χ1n) is 32.4. The lowest BCUT2D eigenvalue weighted by Gasteiger charge is -2.18. The highest BCUT2D eigenvalue weighted by Gasteiger charge is 2.19. The lowest BCUT2D eigenvalue weighted by atomic mass is 10.0. The normalized spacial score (nSPS) is 12.8. The summed E-state index contributed by atoms with van der Waals surface area (Å²) in [7, 11) is 0. The molecule has 0 spiro atoms. The van der Waals surface area contributed by atoms with Crippen molar-refractivity contribution in [3.8, 4) is 0 Å². The number of ether oxygens (including phenoxy) is 3. The Hall–Kier alpha value is -3.93. The van der Waals surface area contributed by atoms with E-state index in [-0.39, 0.29) is 31.6 Å². The Morgan fingerprint density at radius 3 is 0.883 bits per heavy atom. The third kappa shape index (κ3) is 62.8. The first-order valence-corrected chi connectivity index (χ1v) is 32.4. The lowest BCUT2D eigenvalue weighted by Crippen LogP contribution is -2.30. The fourth-order valence-electron chi connectivity index (χ4n) is 8.91. The fourth-order valence-corrected chi connectivity index (χ4v) is 8.91. The van der Waals surface area contributed by atoms with Crippen molar-refractivity contribution in [2.45, 2.75) is 309 Å². The number of esters is 3. The highest BCUT2D eigenvalue weighted by Crippen LogP contribution is 2.16. The van der Waals surface area contributed by atoms with Gasteiger partial charge in [-0.2, -0.15) is 0 Å². The summed E-state index contributed by atoms with van der Waals surface area (Å²) in [5.41, 5.74) is 0. The van der Waals surface area contributed by atoms with Gasteiger partial charge in [-0.3, -0.25) is 14.4 Å². The van der Waals surface area contributed by atoms with Crippen LogP contribution in [0, 0.1) is 0 Å². The fraction of sp³-hybridized carbons (Fsp3) is 0.704. The van der Waals surface area contributed by atoms with Gasteiger partial charge in [0.05, 0.1) is 0 Å². The van der Waals surface area contributed by atoms with Crippen LogP contribution in [0.4, 0.5) is 0 Å². The molecule has 0 aliphatic carbocycles. The van der Waals surface area contributed by atoms with Crippen LogP contribution in [-0.2, 0) is 28.6 Å². The molecule has 0 amide bonds. The van der Waals surface area contributed by atoms with E-state index in [1.807, 2.05) is 6.08 Å². The Bertz CT molecular complexity index is 1560. The molecule has 0 aliphatic heterocycles. The molecule has 6 heteroatoms. The van der Waals surface area contributed by atoms with Gasteiger partial charge in [0, 0.05) is 19.3 Å². The Labute approximate surface area is 476 Å². The molecule has 77 heavy (non-hydrogen) atoms. The molecule has 1 atom stereocenters. The van der Waals surface area contributed by atoms with Gasteiger partial charge in [0.25, 0.3) is 0 Å². The van der Waals surface area contributed by atoms with Gasteiger partial charge in [-0.1, -0.05) is 278 Å². The van der Waals surface area contributed by atoms with Crippen molar-refractivity contribution in [3.05, 3.63) is 109 Å². The average Bonchev–Trinajstić information content (AvgIpc) is 3.43. The van der Waals surface area contributed by atoms with Gasteiger partial charge >= 0.3 is 17.9 Å². The van der Waals surface area contributed by atoms with Crippen LogP contribution in [0.15, 0.2) is 109 Å². The van der Waals surface area contributed by atoms with Crippen molar-refractivity contribution < 1.29 is 28.6 Å². The zero-order valence-corrected chi connectivity index (χ0v) is 50.4. The molecule has 0 saturated carbocycles. The Morgan fingerprint density at radius 1 is 0.273 bits per heavy atom. The first kappa shape index (κ1) is 73.1. The predicted octanol–water partition coefficient (Wildman–Crippen LogP) is 22.2. The SMILES string of the molecule is CC/C=C\C/C=C\C/C=C\C/C=C\C/C=C\C/C=C\CCC(=O)OC(COC(=O)CCCCCCC/C=C\C/C=C\CCCCC)COC(=O)CCCCCCCCCCCCCCC/C=C\CCCCCCCCCC. The molecular weight excluding hydrogens is 949 g/mol. The van der Waals surface area contributed by atoms with Gasteiger partial charge < -0.3 is 14.2 Å². The van der Waals surface area contributed by atoms with E-state index in [2.05, 4.69) is 124 Å². The minimum Gasteiger partial charge on any atom is -0.462 e. The molecule has 0 fully saturated rings. The summed E-state index contributed by atoms with van der Waals surface area (Å²) >= 11 is 0. The molecular formula is C71H120O6. The summed E-state index contributed by atoms with van der Waals surface area (Å²) in [6.45, 7) is 6.45. The maximum atomic E-state index is 12.9. The Morgan fingerprint density at radius 2 is 0.532 bits per heavy atom. The standard InChI is InChI=1S/C71H120O6/c1-4-7-10-13-16-19-22-25-28-30-32-33-34-35-36-37-39-40-43-46-49-52-55-58-61-64-70(73)76-67-68(66-75-69(72)63-60-57-54-51-48-45-42-27-24-21-18-15-12-9-6-3)77-71(74)65-62-59-56-53-50-47-44-41-38-31-29-26-23-20-17-14-11-8-5-2/h8,11,17-18,20-21,26-27,29-30,32,38,41-42,47,50,56,59,68H,4-7,9-10,12-16,19,22-25,28,31,33-37,39-40,43-46,48-49,51-55,57-58,60-67H2,1-3H3/b11-8-,20-17-,21-18-,29-26-,32-30-,41-38-,42-27-,50-47-,59-56-. The number of hydrogen-bond acceptors (Lipinski definition) is 6. The summed E-state index contributed by atoms with van der Waals surface area (Å²) in [4.78, 5) is 38.3. The summed E-state index contributed by atoms with van der Waals surface area (Å²) in [5, 5.41) is 0. The average molecular weight is 1070 g/mol. The predicted molar refractivity (Wildman–Crippen MR) is 334 cm³/mol. The molecule has 0 radical (unpaired) electrons. The zero-order chi connectivity index (χ0) is 55.7. The van der Waals surface area contributed by atoms with Gasteiger partial charge in [0.15, 0.2) is 6.10 Å². The molecule has 0 aliphatic rings. The van der Waals surface area contributed by atoms with Crippen LogP contribution in [0.2, 0.25) is 0 Å². The third-order valence-corrected chi connectivity index (χ3v) is 13.7. The van der Waals surface area contributed by atoms with Crippen LogP contribution < -0.4 is 0 Å². The van der Waals surface area contributed by atoms with Crippen LogP contribution in [0.1, 0.15) is 303 Å². The molecule has 0 aromatic rings. The van der Waals surface area contributed by atoms with E-state index >= 15 is 0 Å². The lowest BCUT2D eigenvalue weighted by molar-refractivity contribution is -0.166. The van der Waals surface area contributed by atoms with E-state index in [1.54, 1.807) is 0 Å². The Balaban J connectivity index is 4.42. The van der Waals surface area contributed by atoms with Crippen molar-refractivity contribution in [2.24, 2.45) is 0 Å². The molecule has 0 bridgehead atoms. The summed E-state index contributed by atoms with van der Waals surface area (Å²) in [6.07, 6.45) is 88.3. The van der Waals surface area contributed by atoms with Crippen LogP contribution in [0.3, 0.4) is 0 Å². The second-order valence-corrected chi connectivity index (χ2v) is 21.3. The zero-order valence-electron chi connectivity index (χ0n) is 50.4. The van der Waals surface area contributed by atoms with E-state index in [0.717, 1.165) is 103 Å². The molecule has 0 rings (SSSR count). The second-order valence-electron chi connectivity index (χ2n) is 21.3. The maximum Gasteiger partial charge on any atom is 0.306 e. The topological polar surface area (TPSA) is 78.9 Å². The monoisotopic (exact) mass is 1070 g/mol. The molecule has 0 aromatic heterocycles. The number of rotatable bonds is 58. The summed E-state index contributed by atoms with van der Waals surface area (Å²) in [6, 6.07) is 0. The maximum absolute atomic E-state index is 12.9. The van der Waals surface area contributed by atoms with Crippen molar-refractivity contribution in [1.82, 2.24) is 0 Å². The molecule has 6 nitrogen and oxygen atoms in total. The first-order chi connectivity index (χ1) is 38.0. The van der Waals surface area contributed by atoms with Crippen molar-refractivity contribution >= 4 is 17.9 Å². The third-order valence-electron chi connectivity index (χ3n) is 13.7. The summed E-state index contributed by atoms with van der Waals surface area (Å²) < 4.78 is 16.8. The number of allylic oxidation sites excluding steroid dienone is 18. The van der Waals surface area contributed by atoms with Gasteiger partial charge in [-0.15, -0.1) is 0 Å². The van der Waals surface area contributed by atoms with E-state index in [4.69, 9.17) is 14.2 Å². The molecule has 0 heterocycles. The van der Waals surface area contributed by atoms with E-state index < -0.39 is 12.1 Å². The van der Waals surface area contributed by atoms with Gasteiger partial charge in [0.1, 0.15) is 13.2 Å². The van der Waals surface area contributed by atoms with Crippen molar-refractivity contribution in [3.63, 3.8) is 0 Å². The Kier molecular flexibility index (Phi) is 61.3. The van der Waals surface area contributed by atoms with Crippen LogP contribution in [0.25, 0.3) is 0 Å². The quantitative estimate of drug-likeness (QED) is 0.0261. The minimum absolute atomic E-state index is 0.113. The van der Waals surface area contributed by atoms with Crippen LogP contribution >= 0.6 is 0 Å². The molecule has 0 N–H and O–H groups in total. The second kappa shape index (κ2) is 64.6. The highest BCUT2D eigenvalue weighted by molar-refractivity contribution is 5.71. The smallest absolute Gasteiger partial charge is 0.306 e. The van der Waals surface area contributed by atoms with Crippen molar-refractivity contribution in [2.75, 3.05) is 13.2 Å². The van der Waals surface area contributed by atoms with Gasteiger partial charge in [-0.05, 0) is 116 Å². The van der Waals surface area contributed by atoms with Crippen LogP contribution in [0.5, 0.6) is 0 Å². The van der Waals surface area contributed by atoms with E-state index in [0.29, 0.717) is 19.3 Å². The largest absolute Gasteiger partial charge is 0.462 e. The number of carbonyl (C=O) groups is 3.